The van der Waals surface area contributed by atoms with Crippen molar-refractivity contribution in [3.8, 4) is 11.6 Å². The van der Waals surface area contributed by atoms with Crippen LogP contribution in [0.5, 0.6) is 11.6 Å². The smallest absolute Gasteiger partial charge is 0.373 e. The molecular weight excluding hydrogens is 376 g/mol. The summed E-state index contributed by atoms with van der Waals surface area (Å²) in [6.45, 7) is 0.727. The van der Waals surface area contributed by atoms with Crippen LogP contribution in [-0.2, 0) is 4.79 Å². The Bertz CT molecular complexity index is 1070. The lowest BCUT2D eigenvalue weighted by atomic mass is 9.97. The third-order valence-electron chi connectivity index (χ3n) is 5.05. The Balaban J connectivity index is 1.69. The summed E-state index contributed by atoms with van der Waals surface area (Å²) < 4.78 is 5.86. The van der Waals surface area contributed by atoms with Gasteiger partial charge in [0.25, 0.3) is 0 Å². The minimum Gasteiger partial charge on any atom is -0.481 e. The van der Waals surface area contributed by atoms with Crippen molar-refractivity contribution < 1.29 is 19.6 Å². The van der Waals surface area contributed by atoms with E-state index < -0.39 is 16.8 Å². The molecule has 148 valence electrons. The molecule has 0 radical (unpaired) electrons. The van der Waals surface area contributed by atoms with E-state index in [1.54, 1.807) is 11.0 Å². The van der Waals surface area contributed by atoms with Crippen molar-refractivity contribution in [2.45, 2.75) is 12.8 Å². The fourth-order valence-electron chi connectivity index (χ4n) is 3.55. The average molecular weight is 394 g/mol. The number of hydrogen-bond acceptors (Lipinski definition) is 7. The number of aromatic nitrogens is 2. The molecule has 0 spiro atoms. The van der Waals surface area contributed by atoms with Gasteiger partial charge in [0, 0.05) is 18.5 Å². The van der Waals surface area contributed by atoms with Gasteiger partial charge in [0.2, 0.25) is 5.82 Å². The molecule has 1 saturated heterocycles. The Labute approximate surface area is 165 Å². The molecule has 3 aromatic rings. The monoisotopic (exact) mass is 394 g/mol. The largest absolute Gasteiger partial charge is 0.481 e. The van der Waals surface area contributed by atoms with Crippen LogP contribution in [0.1, 0.15) is 12.8 Å². The first-order valence-electron chi connectivity index (χ1n) is 9.17. The van der Waals surface area contributed by atoms with Crippen LogP contribution in [0.4, 0.5) is 11.5 Å². The molecule has 4 rings (SSSR count). The number of rotatable bonds is 5. The molecule has 0 amide bonds. The van der Waals surface area contributed by atoms with E-state index in [1.165, 1.54) is 6.33 Å². The Morgan fingerprint density at radius 2 is 1.86 bits per heavy atom. The topological polar surface area (TPSA) is 119 Å². The average Bonchev–Trinajstić information content (AvgIpc) is 2.74. The third-order valence-corrected chi connectivity index (χ3v) is 5.05. The van der Waals surface area contributed by atoms with Crippen molar-refractivity contribution in [1.29, 1.82) is 0 Å². The molecule has 29 heavy (non-hydrogen) atoms. The van der Waals surface area contributed by atoms with Gasteiger partial charge in [0.15, 0.2) is 0 Å². The number of fused-ring (bicyclic) bond motifs is 1. The molecule has 0 atom stereocenters. The fraction of sp³-hybridized carbons (Fsp3) is 0.250. The predicted octanol–water partition coefficient (Wildman–Crippen LogP) is 3.63. The van der Waals surface area contributed by atoms with E-state index in [9.17, 15) is 14.9 Å². The quantitative estimate of drug-likeness (QED) is 0.515. The van der Waals surface area contributed by atoms with Crippen molar-refractivity contribution >= 4 is 28.2 Å². The normalized spacial score (nSPS) is 14.7. The van der Waals surface area contributed by atoms with Gasteiger partial charge < -0.3 is 14.7 Å². The van der Waals surface area contributed by atoms with Gasteiger partial charge in [-0.25, -0.2) is 4.98 Å². The molecule has 0 saturated carbocycles. The van der Waals surface area contributed by atoms with E-state index >= 15 is 0 Å². The summed E-state index contributed by atoms with van der Waals surface area (Å²) in [5.41, 5.74) is -0.325. The summed E-state index contributed by atoms with van der Waals surface area (Å²) in [5.74, 6) is -0.832. The lowest BCUT2D eigenvalue weighted by molar-refractivity contribution is -0.385. The second-order valence-corrected chi connectivity index (χ2v) is 6.79. The van der Waals surface area contributed by atoms with Crippen LogP contribution in [0.15, 0.2) is 48.8 Å². The van der Waals surface area contributed by atoms with E-state index in [0.717, 1.165) is 10.8 Å². The van der Waals surface area contributed by atoms with Crippen LogP contribution >= 0.6 is 0 Å². The highest BCUT2D eigenvalue weighted by atomic mass is 16.6. The summed E-state index contributed by atoms with van der Waals surface area (Å²) in [6, 6.07) is 13.0. The van der Waals surface area contributed by atoms with Crippen molar-refractivity contribution in [1.82, 2.24) is 9.97 Å². The Morgan fingerprint density at radius 1 is 1.14 bits per heavy atom. The molecule has 1 aromatic heterocycles. The standard InChI is InChI=1S/C20H18N4O5/c25-20(26)14-8-10-23(11-9-14)18-17(24(27)28)19(22-12-21-18)29-16-7-3-5-13-4-1-2-6-15(13)16/h1-7,12,14H,8-11H2,(H,25,26). The SMILES string of the molecule is O=C(O)C1CCN(c2ncnc(Oc3cccc4ccccc34)c2[N+](=O)[O-])CC1. The summed E-state index contributed by atoms with van der Waals surface area (Å²) in [4.78, 5) is 32.3. The van der Waals surface area contributed by atoms with Gasteiger partial charge in [0.1, 0.15) is 12.1 Å². The van der Waals surface area contributed by atoms with Gasteiger partial charge in [-0.1, -0.05) is 36.4 Å². The number of ether oxygens (including phenoxy) is 1. The molecule has 0 bridgehead atoms. The highest BCUT2D eigenvalue weighted by Gasteiger charge is 2.32. The van der Waals surface area contributed by atoms with Crippen molar-refractivity contribution in [2.75, 3.05) is 18.0 Å². The fourth-order valence-corrected chi connectivity index (χ4v) is 3.55. The molecule has 2 aromatic carbocycles. The lowest BCUT2D eigenvalue weighted by Gasteiger charge is -2.30. The Morgan fingerprint density at radius 3 is 2.59 bits per heavy atom. The first-order valence-corrected chi connectivity index (χ1v) is 9.17. The Hall–Kier alpha value is -3.75. The number of benzene rings is 2. The molecule has 1 fully saturated rings. The maximum Gasteiger partial charge on any atom is 0.373 e. The van der Waals surface area contributed by atoms with Gasteiger partial charge in [-0.3, -0.25) is 14.9 Å². The maximum absolute atomic E-state index is 11.8. The van der Waals surface area contributed by atoms with E-state index in [4.69, 9.17) is 9.84 Å². The summed E-state index contributed by atoms with van der Waals surface area (Å²) in [6.07, 6.45) is 2.03. The maximum atomic E-state index is 11.8. The first-order chi connectivity index (χ1) is 14.0. The van der Waals surface area contributed by atoms with Crippen LogP contribution in [-0.4, -0.2) is 39.1 Å². The lowest BCUT2D eigenvalue weighted by Crippen LogP contribution is -2.37. The number of aliphatic carboxylic acids is 1. The number of piperidine rings is 1. The molecule has 9 nitrogen and oxygen atoms in total. The molecule has 1 aliphatic rings. The van der Waals surface area contributed by atoms with E-state index in [-0.39, 0.29) is 17.4 Å². The number of carboxylic acid groups (broad SMARTS) is 1. The number of hydrogen-bond donors (Lipinski definition) is 1. The van der Waals surface area contributed by atoms with E-state index in [2.05, 4.69) is 9.97 Å². The van der Waals surface area contributed by atoms with Crippen LogP contribution < -0.4 is 9.64 Å². The number of anilines is 1. The number of carbonyl (C=O) groups is 1. The van der Waals surface area contributed by atoms with Gasteiger partial charge in [-0.05, 0) is 24.3 Å². The van der Waals surface area contributed by atoms with Crippen molar-refractivity contribution in [3.63, 3.8) is 0 Å². The van der Waals surface area contributed by atoms with Crippen LogP contribution in [0.2, 0.25) is 0 Å². The van der Waals surface area contributed by atoms with Gasteiger partial charge >= 0.3 is 17.5 Å². The summed E-state index contributed by atoms with van der Waals surface area (Å²) in [7, 11) is 0. The highest BCUT2D eigenvalue weighted by molar-refractivity contribution is 5.88. The first kappa shape index (κ1) is 18.6. The van der Waals surface area contributed by atoms with Gasteiger partial charge in [0.05, 0.1) is 10.8 Å². The van der Waals surface area contributed by atoms with Crippen LogP contribution in [0.25, 0.3) is 10.8 Å². The van der Waals surface area contributed by atoms with Crippen molar-refractivity contribution in [3.05, 3.63) is 58.9 Å². The molecule has 2 heterocycles. The van der Waals surface area contributed by atoms with Crippen LogP contribution in [0, 0.1) is 16.0 Å². The molecule has 0 aliphatic carbocycles. The minimum absolute atomic E-state index is 0.142. The minimum atomic E-state index is -0.846. The molecule has 0 unspecified atom stereocenters. The zero-order chi connectivity index (χ0) is 20.4. The highest BCUT2D eigenvalue weighted by Crippen LogP contribution is 2.39. The number of nitro groups is 1. The zero-order valence-corrected chi connectivity index (χ0v) is 15.4. The molecular formula is C20H18N4O5. The Kier molecular flexibility index (Phi) is 4.94. The summed E-state index contributed by atoms with van der Waals surface area (Å²) >= 11 is 0. The zero-order valence-electron chi connectivity index (χ0n) is 15.4. The molecule has 9 heteroatoms. The molecule has 1 aliphatic heterocycles. The summed E-state index contributed by atoms with van der Waals surface area (Å²) in [5, 5.41) is 22.8. The third kappa shape index (κ3) is 3.66. The second kappa shape index (κ2) is 7.70. The predicted molar refractivity (Wildman–Crippen MR) is 105 cm³/mol. The van der Waals surface area contributed by atoms with Gasteiger partial charge in [-0.2, -0.15) is 4.98 Å². The molecule has 1 N–H and O–H groups in total. The van der Waals surface area contributed by atoms with Crippen molar-refractivity contribution in [2.24, 2.45) is 5.92 Å². The van der Waals surface area contributed by atoms with Gasteiger partial charge in [-0.15, -0.1) is 0 Å². The number of carboxylic acids is 1. The second-order valence-electron chi connectivity index (χ2n) is 6.79. The van der Waals surface area contributed by atoms with E-state index in [0.29, 0.717) is 31.7 Å². The van der Waals surface area contributed by atoms with E-state index in [1.807, 2.05) is 36.4 Å². The number of nitrogens with zero attached hydrogens (tertiary/aromatic N) is 4. The van der Waals surface area contributed by atoms with Crippen LogP contribution in [0.3, 0.4) is 0 Å².